The van der Waals surface area contributed by atoms with Crippen LogP contribution in [0.15, 0.2) is 23.1 Å². The third-order valence-corrected chi connectivity index (χ3v) is 3.47. The molecular formula is C10H15N3O3S. The Kier molecular flexibility index (Phi) is 4.08. The lowest BCUT2D eigenvalue weighted by Crippen LogP contribution is -2.35. The van der Waals surface area contributed by atoms with Gasteiger partial charge in [-0.1, -0.05) is 0 Å². The summed E-state index contributed by atoms with van der Waals surface area (Å²) in [6.45, 7) is 1.45. The molecule has 0 bridgehead atoms. The van der Waals surface area contributed by atoms with Gasteiger partial charge in [-0.05, 0) is 30.7 Å². The van der Waals surface area contributed by atoms with Gasteiger partial charge >= 0.3 is 0 Å². The molecule has 0 spiro atoms. The molecule has 4 N–H and O–H groups in total. The SMILES string of the molecule is CNC(=O)CNS(=O)(=O)c1cc(C)cc(N)c1. The maximum absolute atomic E-state index is 11.8. The van der Waals surface area contributed by atoms with Gasteiger partial charge < -0.3 is 11.1 Å². The quantitative estimate of drug-likeness (QED) is 0.639. The molecule has 1 rings (SSSR count). The highest BCUT2D eigenvalue weighted by Gasteiger charge is 2.15. The van der Waals surface area contributed by atoms with Gasteiger partial charge in [-0.2, -0.15) is 0 Å². The van der Waals surface area contributed by atoms with Crippen LogP contribution in [0.1, 0.15) is 5.56 Å². The first-order valence-corrected chi connectivity index (χ1v) is 6.41. The van der Waals surface area contributed by atoms with Crippen LogP contribution in [0.3, 0.4) is 0 Å². The molecule has 0 atom stereocenters. The molecule has 0 unspecified atom stereocenters. The Morgan fingerprint density at radius 1 is 1.35 bits per heavy atom. The van der Waals surface area contributed by atoms with Crippen molar-refractivity contribution in [2.45, 2.75) is 11.8 Å². The summed E-state index contributed by atoms with van der Waals surface area (Å²) in [5.74, 6) is -0.408. The van der Waals surface area contributed by atoms with E-state index in [-0.39, 0.29) is 11.4 Å². The molecule has 0 radical (unpaired) electrons. The van der Waals surface area contributed by atoms with E-state index in [1.54, 1.807) is 13.0 Å². The fraction of sp³-hybridized carbons (Fsp3) is 0.300. The Morgan fingerprint density at radius 2 is 2.00 bits per heavy atom. The number of aryl methyl sites for hydroxylation is 1. The van der Waals surface area contributed by atoms with Crippen molar-refractivity contribution in [2.24, 2.45) is 0 Å². The van der Waals surface area contributed by atoms with Crippen molar-refractivity contribution in [3.05, 3.63) is 23.8 Å². The molecule has 7 heteroatoms. The zero-order chi connectivity index (χ0) is 13.1. The molecule has 0 aliphatic rings. The van der Waals surface area contributed by atoms with E-state index >= 15 is 0 Å². The van der Waals surface area contributed by atoms with Crippen molar-refractivity contribution in [3.63, 3.8) is 0 Å². The smallest absolute Gasteiger partial charge is 0.241 e. The molecule has 94 valence electrons. The lowest BCUT2D eigenvalue weighted by atomic mass is 10.2. The second-order valence-corrected chi connectivity index (χ2v) is 5.34. The third kappa shape index (κ3) is 3.72. The first-order chi connectivity index (χ1) is 7.85. The summed E-state index contributed by atoms with van der Waals surface area (Å²) in [7, 11) is -2.27. The van der Waals surface area contributed by atoms with Crippen LogP contribution >= 0.6 is 0 Å². The molecule has 17 heavy (non-hydrogen) atoms. The number of nitrogens with one attached hydrogen (secondary N) is 2. The van der Waals surface area contributed by atoms with Crippen molar-refractivity contribution in [1.29, 1.82) is 0 Å². The van der Waals surface area contributed by atoms with Crippen LogP contribution in [-0.2, 0) is 14.8 Å². The molecule has 1 aromatic rings. The Hall–Kier alpha value is -1.60. The number of likely N-dealkylation sites (N-methyl/N-ethyl adjacent to an activating group) is 1. The monoisotopic (exact) mass is 257 g/mol. The Balaban J connectivity index is 2.93. The fourth-order valence-electron chi connectivity index (χ4n) is 1.26. The number of nitrogen functional groups attached to an aromatic ring is 1. The van der Waals surface area contributed by atoms with Gasteiger partial charge in [-0.3, -0.25) is 4.79 Å². The number of rotatable bonds is 4. The predicted molar refractivity (Wildman–Crippen MR) is 64.8 cm³/mol. The van der Waals surface area contributed by atoms with E-state index in [0.717, 1.165) is 5.56 Å². The zero-order valence-corrected chi connectivity index (χ0v) is 10.5. The number of carbonyl (C=O) groups excluding carboxylic acids is 1. The molecule has 6 nitrogen and oxygen atoms in total. The van der Waals surface area contributed by atoms with Gasteiger partial charge in [0.25, 0.3) is 0 Å². The summed E-state index contributed by atoms with van der Waals surface area (Å²) < 4.78 is 25.8. The van der Waals surface area contributed by atoms with Crippen molar-refractivity contribution >= 4 is 21.6 Å². The number of carbonyl (C=O) groups is 1. The second-order valence-electron chi connectivity index (χ2n) is 3.58. The maximum atomic E-state index is 11.8. The van der Waals surface area contributed by atoms with Crippen molar-refractivity contribution in [3.8, 4) is 0 Å². The fourth-order valence-corrected chi connectivity index (χ4v) is 2.38. The lowest BCUT2D eigenvalue weighted by molar-refractivity contribution is -0.119. The number of sulfonamides is 1. The summed E-state index contributed by atoms with van der Waals surface area (Å²) >= 11 is 0. The van der Waals surface area contributed by atoms with Crippen molar-refractivity contribution in [2.75, 3.05) is 19.3 Å². The van der Waals surface area contributed by atoms with Crippen LogP contribution in [0.4, 0.5) is 5.69 Å². The van der Waals surface area contributed by atoms with Crippen LogP contribution in [0.2, 0.25) is 0 Å². The van der Waals surface area contributed by atoms with Crippen molar-refractivity contribution < 1.29 is 13.2 Å². The van der Waals surface area contributed by atoms with Gasteiger partial charge in [0.15, 0.2) is 0 Å². The average Bonchev–Trinajstić information content (AvgIpc) is 2.24. The van der Waals surface area contributed by atoms with E-state index < -0.39 is 15.9 Å². The minimum absolute atomic E-state index is 0.0545. The Bertz CT molecular complexity index is 505. The number of nitrogens with two attached hydrogens (primary N) is 1. The highest BCUT2D eigenvalue weighted by Crippen LogP contribution is 2.15. The van der Waals surface area contributed by atoms with Crippen LogP contribution in [-0.4, -0.2) is 27.9 Å². The summed E-state index contributed by atoms with van der Waals surface area (Å²) in [4.78, 5) is 11.0. The molecule has 0 aromatic heterocycles. The molecule has 0 aliphatic heterocycles. The third-order valence-electron chi connectivity index (χ3n) is 2.09. The first kappa shape index (κ1) is 13.5. The maximum Gasteiger partial charge on any atom is 0.241 e. The topological polar surface area (TPSA) is 101 Å². The highest BCUT2D eigenvalue weighted by atomic mass is 32.2. The summed E-state index contributed by atoms with van der Waals surface area (Å²) in [6, 6.07) is 4.50. The lowest BCUT2D eigenvalue weighted by Gasteiger charge is -2.07. The number of anilines is 1. The Morgan fingerprint density at radius 3 is 2.53 bits per heavy atom. The summed E-state index contributed by atoms with van der Waals surface area (Å²) in [5.41, 5.74) is 6.67. The first-order valence-electron chi connectivity index (χ1n) is 4.92. The van der Waals surface area contributed by atoms with E-state index in [4.69, 9.17) is 5.73 Å². The van der Waals surface area contributed by atoms with Crippen LogP contribution < -0.4 is 15.8 Å². The number of hydrogen-bond acceptors (Lipinski definition) is 4. The minimum Gasteiger partial charge on any atom is -0.399 e. The zero-order valence-electron chi connectivity index (χ0n) is 9.65. The minimum atomic E-state index is -3.70. The average molecular weight is 257 g/mol. The van der Waals surface area contributed by atoms with E-state index in [9.17, 15) is 13.2 Å². The molecule has 1 amide bonds. The summed E-state index contributed by atoms with van der Waals surface area (Å²) in [5, 5.41) is 2.32. The van der Waals surface area contributed by atoms with Crippen LogP contribution in [0, 0.1) is 6.92 Å². The van der Waals surface area contributed by atoms with E-state index in [0.29, 0.717) is 5.69 Å². The van der Waals surface area contributed by atoms with Gasteiger partial charge in [-0.25, -0.2) is 13.1 Å². The van der Waals surface area contributed by atoms with Gasteiger partial charge in [0.05, 0.1) is 11.4 Å². The van der Waals surface area contributed by atoms with Gasteiger partial charge in [0, 0.05) is 12.7 Å². The van der Waals surface area contributed by atoms with E-state index in [1.165, 1.54) is 19.2 Å². The largest absolute Gasteiger partial charge is 0.399 e. The number of benzene rings is 1. The standard InChI is InChI=1S/C10H15N3O3S/c1-7-3-8(11)5-9(4-7)17(15,16)13-6-10(14)12-2/h3-5,13H,6,11H2,1-2H3,(H,12,14). The van der Waals surface area contributed by atoms with Gasteiger partial charge in [-0.15, -0.1) is 0 Å². The van der Waals surface area contributed by atoms with Crippen LogP contribution in [0.5, 0.6) is 0 Å². The molecule has 0 fully saturated rings. The second kappa shape index (κ2) is 5.15. The summed E-state index contributed by atoms with van der Waals surface area (Å²) in [6.07, 6.45) is 0. The number of amides is 1. The van der Waals surface area contributed by atoms with Crippen molar-refractivity contribution in [1.82, 2.24) is 10.0 Å². The molecule has 0 heterocycles. The molecule has 1 aromatic carbocycles. The molecule has 0 saturated heterocycles. The van der Waals surface area contributed by atoms with Gasteiger partial charge in [0.2, 0.25) is 15.9 Å². The molecule has 0 saturated carbocycles. The predicted octanol–water partition coefficient (Wildman–Crippen LogP) is -0.398. The van der Waals surface area contributed by atoms with E-state index in [2.05, 4.69) is 10.0 Å². The Labute approximate surface area is 100 Å². The molecule has 0 aliphatic carbocycles. The molecular weight excluding hydrogens is 242 g/mol. The van der Waals surface area contributed by atoms with Gasteiger partial charge in [0.1, 0.15) is 0 Å². The highest BCUT2D eigenvalue weighted by molar-refractivity contribution is 7.89. The number of hydrogen-bond donors (Lipinski definition) is 3. The normalized spacial score (nSPS) is 11.2. The van der Waals surface area contributed by atoms with E-state index in [1.807, 2.05) is 0 Å². The van der Waals surface area contributed by atoms with Crippen LogP contribution in [0.25, 0.3) is 0 Å².